The summed E-state index contributed by atoms with van der Waals surface area (Å²) in [5, 5.41) is 2.82. The van der Waals surface area contributed by atoms with Crippen molar-refractivity contribution in [2.75, 3.05) is 51.9 Å². The highest BCUT2D eigenvalue weighted by Crippen LogP contribution is 2.34. The number of fused-ring (bicyclic) bond motifs is 1. The number of nitrogens with zero attached hydrogens (tertiary/aromatic N) is 2. The normalized spacial score (nSPS) is 18.7. The van der Waals surface area contributed by atoms with Crippen LogP contribution in [0.2, 0.25) is 0 Å². The molecule has 2 amide bonds. The number of hydrogen-bond donors (Lipinski definition) is 1. The molecule has 0 saturated heterocycles. The van der Waals surface area contributed by atoms with E-state index in [0.717, 1.165) is 24.4 Å². The summed E-state index contributed by atoms with van der Waals surface area (Å²) in [5.41, 5.74) is 1.39. The van der Waals surface area contributed by atoms with Gasteiger partial charge in [0.25, 0.3) is 5.91 Å². The summed E-state index contributed by atoms with van der Waals surface area (Å²) >= 11 is 0. The molecule has 2 aliphatic heterocycles. The molecule has 2 heterocycles. The zero-order chi connectivity index (χ0) is 19.2. The summed E-state index contributed by atoms with van der Waals surface area (Å²) in [5.74, 6) is 0.716. The smallest absolute Gasteiger partial charge is 0.251 e. The molecule has 146 valence electrons. The Morgan fingerprint density at radius 2 is 2.19 bits per heavy atom. The Labute approximate surface area is 159 Å². The van der Waals surface area contributed by atoms with Crippen LogP contribution in [0.25, 0.3) is 0 Å². The van der Waals surface area contributed by atoms with Gasteiger partial charge < -0.3 is 24.6 Å². The Morgan fingerprint density at radius 3 is 2.93 bits per heavy atom. The molecule has 0 aromatic heterocycles. The number of carbonyl (C=O) groups excluding carboxylic acids is 2. The number of amides is 2. The monoisotopic (exact) mass is 373 g/mol. The van der Waals surface area contributed by atoms with Crippen LogP contribution in [0.1, 0.15) is 23.2 Å². The SMILES string of the molecule is COCCNC(=O)c1ccc2c(c1)N(C)[C@H](CC(=O)N1CC=CCC1)CO2. The molecule has 0 unspecified atom stereocenters. The van der Waals surface area contributed by atoms with Crippen LogP contribution in [0.5, 0.6) is 5.75 Å². The number of nitrogens with one attached hydrogen (secondary N) is 1. The number of carbonyl (C=O) groups is 2. The van der Waals surface area contributed by atoms with Crippen LogP contribution < -0.4 is 15.0 Å². The first kappa shape index (κ1) is 19.2. The zero-order valence-corrected chi connectivity index (χ0v) is 15.9. The molecule has 0 aliphatic carbocycles. The number of likely N-dealkylation sites (N-methyl/N-ethyl adjacent to an activating group) is 1. The van der Waals surface area contributed by atoms with Gasteiger partial charge in [0.05, 0.1) is 24.8 Å². The summed E-state index contributed by atoms with van der Waals surface area (Å²) in [4.78, 5) is 28.8. The molecule has 2 aliphatic rings. The quantitative estimate of drug-likeness (QED) is 0.604. The van der Waals surface area contributed by atoms with Gasteiger partial charge in [-0.15, -0.1) is 0 Å². The highest BCUT2D eigenvalue weighted by molar-refractivity contribution is 5.95. The first-order valence-electron chi connectivity index (χ1n) is 9.29. The summed E-state index contributed by atoms with van der Waals surface area (Å²) in [6, 6.07) is 5.32. The third-order valence-electron chi connectivity index (χ3n) is 4.99. The van der Waals surface area contributed by atoms with Crippen LogP contribution in [0.3, 0.4) is 0 Å². The van der Waals surface area contributed by atoms with E-state index in [-0.39, 0.29) is 17.9 Å². The lowest BCUT2D eigenvalue weighted by Gasteiger charge is -2.37. The lowest BCUT2D eigenvalue weighted by Crippen LogP contribution is -2.45. The summed E-state index contributed by atoms with van der Waals surface area (Å²) in [6.45, 7) is 2.83. The Bertz CT molecular complexity index is 719. The van der Waals surface area contributed by atoms with E-state index in [9.17, 15) is 9.59 Å². The van der Waals surface area contributed by atoms with Crippen molar-refractivity contribution in [3.63, 3.8) is 0 Å². The number of anilines is 1. The van der Waals surface area contributed by atoms with Crippen LogP contribution in [-0.4, -0.2) is 69.8 Å². The van der Waals surface area contributed by atoms with Gasteiger partial charge in [-0.3, -0.25) is 9.59 Å². The predicted octanol–water partition coefficient (Wildman–Crippen LogP) is 1.44. The summed E-state index contributed by atoms with van der Waals surface area (Å²) in [6.07, 6.45) is 5.45. The first-order valence-corrected chi connectivity index (χ1v) is 9.29. The van der Waals surface area contributed by atoms with Gasteiger partial charge in [0.15, 0.2) is 0 Å². The van der Waals surface area contributed by atoms with Gasteiger partial charge in [0, 0.05) is 39.4 Å². The van der Waals surface area contributed by atoms with E-state index in [1.54, 1.807) is 13.2 Å². The van der Waals surface area contributed by atoms with Crippen molar-refractivity contribution in [3.05, 3.63) is 35.9 Å². The van der Waals surface area contributed by atoms with E-state index in [1.807, 2.05) is 35.1 Å². The Hall–Kier alpha value is -2.54. The third kappa shape index (κ3) is 4.60. The zero-order valence-electron chi connectivity index (χ0n) is 15.9. The minimum atomic E-state index is -0.151. The molecule has 0 fully saturated rings. The van der Waals surface area contributed by atoms with Crippen molar-refractivity contribution in [1.82, 2.24) is 10.2 Å². The fraction of sp³-hybridized carbons (Fsp3) is 0.500. The van der Waals surface area contributed by atoms with Crippen LogP contribution in [0.15, 0.2) is 30.4 Å². The van der Waals surface area contributed by atoms with Gasteiger partial charge >= 0.3 is 0 Å². The van der Waals surface area contributed by atoms with Crippen LogP contribution in [0, 0.1) is 0 Å². The van der Waals surface area contributed by atoms with Crippen molar-refractivity contribution >= 4 is 17.5 Å². The van der Waals surface area contributed by atoms with Crippen LogP contribution in [-0.2, 0) is 9.53 Å². The molecule has 7 heteroatoms. The molecule has 3 rings (SSSR count). The first-order chi connectivity index (χ1) is 13.1. The average Bonchev–Trinajstić information content (AvgIpc) is 2.70. The van der Waals surface area contributed by atoms with Gasteiger partial charge in [-0.2, -0.15) is 0 Å². The van der Waals surface area contributed by atoms with E-state index in [0.29, 0.717) is 38.3 Å². The number of methoxy groups -OCH3 is 1. The van der Waals surface area contributed by atoms with E-state index in [4.69, 9.17) is 9.47 Å². The van der Waals surface area contributed by atoms with Crippen LogP contribution >= 0.6 is 0 Å². The molecule has 1 N–H and O–H groups in total. The van der Waals surface area contributed by atoms with Crippen molar-refractivity contribution in [3.8, 4) is 5.75 Å². The van der Waals surface area contributed by atoms with E-state index < -0.39 is 0 Å². The number of rotatable bonds is 6. The maximum atomic E-state index is 12.6. The Kier molecular flexibility index (Phi) is 6.34. The van der Waals surface area contributed by atoms with Gasteiger partial charge in [0.1, 0.15) is 12.4 Å². The maximum Gasteiger partial charge on any atom is 0.251 e. The molecule has 27 heavy (non-hydrogen) atoms. The molecular weight excluding hydrogens is 346 g/mol. The molecule has 1 aromatic rings. The number of ether oxygens (including phenoxy) is 2. The lowest BCUT2D eigenvalue weighted by molar-refractivity contribution is -0.131. The largest absolute Gasteiger partial charge is 0.489 e. The standard InChI is InChI=1S/C20H27N3O4/c1-22-16(13-19(24)23-9-4-3-5-10-23)14-27-18-7-6-15(12-17(18)22)20(25)21-8-11-26-2/h3-4,6-7,12,16H,5,8-11,13-14H2,1-2H3,(H,21,25)/t16-/m1/s1. The second-order valence-corrected chi connectivity index (χ2v) is 6.81. The molecule has 0 bridgehead atoms. The topological polar surface area (TPSA) is 71.1 Å². The number of hydrogen-bond acceptors (Lipinski definition) is 5. The van der Waals surface area contributed by atoms with Gasteiger partial charge in [0.2, 0.25) is 5.91 Å². The Balaban J connectivity index is 1.67. The van der Waals surface area contributed by atoms with E-state index in [2.05, 4.69) is 11.4 Å². The lowest BCUT2D eigenvalue weighted by atomic mass is 10.1. The Morgan fingerprint density at radius 1 is 1.33 bits per heavy atom. The molecule has 0 spiro atoms. The predicted molar refractivity (Wildman–Crippen MR) is 103 cm³/mol. The molecular formula is C20H27N3O4. The fourth-order valence-corrected chi connectivity index (χ4v) is 3.31. The summed E-state index contributed by atoms with van der Waals surface area (Å²) < 4.78 is 10.8. The second kappa shape index (κ2) is 8.90. The van der Waals surface area contributed by atoms with Crippen molar-refractivity contribution in [1.29, 1.82) is 0 Å². The molecule has 0 radical (unpaired) electrons. The highest BCUT2D eigenvalue weighted by atomic mass is 16.5. The van der Waals surface area contributed by atoms with Crippen molar-refractivity contribution in [2.45, 2.75) is 18.9 Å². The number of benzene rings is 1. The molecule has 0 saturated carbocycles. The van der Waals surface area contributed by atoms with Crippen LogP contribution in [0.4, 0.5) is 5.69 Å². The van der Waals surface area contributed by atoms with E-state index in [1.165, 1.54) is 0 Å². The minimum Gasteiger partial charge on any atom is -0.489 e. The molecule has 1 atom stereocenters. The van der Waals surface area contributed by atoms with Gasteiger partial charge in [-0.1, -0.05) is 12.2 Å². The van der Waals surface area contributed by atoms with Gasteiger partial charge in [-0.25, -0.2) is 0 Å². The molecule has 7 nitrogen and oxygen atoms in total. The maximum absolute atomic E-state index is 12.6. The minimum absolute atomic E-state index is 0.0530. The highest BCUT2D eigenvalue weighted by Gasteiger charge is 2.29. The van der Waals surface area contributed by atoms with E-state index >= 15 is 0 Å². The van der Waals surface area contributed by atoms with Gasteiger partial charge in [-0.05, 0) is 24.6 Å². The third-order valence-corrected chi connectivity index (χ3v) is 4.99. The summed E-state index contributed by atoms with van der Waals surface area (Å²) in [7, 11) is 3.54. The average molecular weight is 373 g/mol. The van der Waals surface area contributed by atoms with Crippen molar-refractivity contribution < 1.29 is 19.1 Å². The van der Waals surface area contributed by atoms with Crippen molar-refractivity contribution in [2.24, 2.45) is 0 Å². The second-order valence-electron chi connectivity index (χ2n) is 6.81. The fourth-order valence-electron chi connectivity index (χ4n) is 3.31. The molecule has 1 aromatic carbocycles.